The minimum Gasteiger partial charge on any atom is -0.465 e. The molecule has 1 unspecified atom stereocenters. The molecule has 2 heterocycles. The molecule has 0 aromatic heterocycles. The van der Waals surface area contributed by atoms with E-state index in [0.29, 0.717) is 11.4 Å². The SMILES string of the molecule is COC(=O)C1=C(C)N(c2ccccc2)/C(=C/C2C=CCS2)C1=O. The number of ketones is 1. The van der Waals surface area contributed by atoms with Crippen LogP contribution in [0, 0.1) is 0 Å². The third kappa shape index (κ3) is 2.84. The predicted molar refractivity (Wildman–Crippen MR) is 92.1 cm³/mol. The molecular formula is C18H17NO3S. The maximum absolute atomic E-state index is 12.8. The summed E-state index contributed by atoms with van der Waals surface area (Å²) in [5, 5.41) is 0.143. The zero-order chi connectivity index (χ0) is 16.4. The molecule has 0 saturated heterocycles. The van der Waals surface area contributed by atoms with Gasteiger partial charge in [0, 0.05) is 22.4 Å². The zero-order valence-corrected chi connectivity index (χ0v) is 13.8. The van der Waals surface area contributed by atoms with Gasteiger partial charge in [0.2, 0.25) is 5.78 Å². The van der Waals surface area contributed by atoms with Gasteiger partial charge in [0.1, 0.15) is 5.57 Å². The van der Waals surface area contributed by atoms with E-state index in [1.807, 2.05) is 41.3 Å². The van der Waals surface area contributed by atoms with E-state index in [1.165, 1.54) is 7.11 Å². The number of nitrogens with zero attached hydrogens (tertiary/aromatic N) is 1. The number of para-hydroxylation sites is 1. The highest BCUT2D eigenvalue weighted by molar-refractivity contribution is 8.00. The number of benzene rings is 1. The van der Waals surface area contributed by atoms with Crippen LogP contribution in [0.25, 0.3) is 0 Å². The molecule has 5 heteroatoms. The average Bonchev–Trinajstić information content (AvgIpc) is 3.15. The number of allylic oxidation sites excluding steroid dienone is 2. The first-order chi connectivity index (χ1) is 11.1. The Morgan fingerprint density at radius 3 is 2.70 bits per heavy atom. The van der Waals surface area contributed by atoms with Crippen molar-refractivity contribution in [3.05, 3.63) is 65.5 Å². The second-order valence-corrected chi connectivity index (χ2v) is 6.44. The number of anilines is 1. The number of hydrogen-bond acceptors (Lipinski definition) is 5. The van der Waals surface area contributed by atoms with Crippen LogP contribution in [-0.2, 0) is 14.3 Å². The third-order valence-corrected chi connectivity index (χ3v) is 4.90. The van der Waals surface area contributed by atoms with Gasteiger partial charge in [0.25, 0.3) is 0 Å². The Morgan fingerprint density at radius 2 is 2.09 bits per heavy atom. The Kier molecular flexibility index (Phi) is 4.39. The summed E-state index contributed by atoms with van der Waals surface area (Å²) >= 11 is 1.74. The summed E-state index contributed by atoms with van der Waals surface area (Å²) in [4.78, 5) is 26.6. The Morgan fingerprint density at radius 1 is 1.35 bits per heavy atom. The number of methoxy groups -OCH3 is 1. The van der Waals surface area contributed by atoms with Crippen molar-refractivity contribution in [2.24, 2.45) is 0 Å². The van der Waals surface area contributed by atoms with Crippen LogP contribution in [0.5, 0.6) is 0 Å². The molecule has 4 nitrogen and oxygen atoms in total. The Labute approximate surface area is 139 Å². The number of hydrogen-bond donors (Lipinski definition) is 0. The lowest BCUT2D eigenvalue weighted by Crippen LogP contribution is -2.19. The van der Waals surface area contributed by atoms with Crippen molar-refractivity contribution in [2.75, 3.05) is 17.8 Å². The molecule has 1 atom stereocenters. The van der Waals surface area contributed by atoms with Crippen LogP contribution in [0.4, 0.5) is 5.69 Å². The predicted octanol–water partition coefficient (Wildman–Crippen LogP) is 3.08. The first-order valence-corrected chi connectivity index (χ1v) is 8.37. The lowest BCUT2D eigenvalue weighted by atomic mass is 10.1. The third-order valence-electron chi connectivity index (χ3n) is 3.83. The minimum absolute atomic E-state index is 0.106. The summed E-state index contributed by atoms with van der Waals surface area (Å²) in [5.41, 5.74) is 2.08. The van der Waals surface area contributed by atoms with E-state index in [1.54, 1.807) is 18.7 Å². The van der Waals surface area contributed by atoms with Crippen LogP contribution in [0.15, 0.2) is 65.5 Å². The normalized spacial score (nSPS) is 22.3. The van der Waals surface area contributed by atoms with Gasteiger partial charge < -0.3 is 9.64 Å². The van der Waals surface area contributed by atoms with Gasteiger partial charge >= 0.3 is 5.97 Å². The van der Waals surface area contributed by atoms with Crippen molar-refractivity contribution in [3.63, 3.8) is 0 Å². The second-order valence-electron chi connectivity index (χ2n) is 5.23. The van der Waals surface area contributed by atoms with Crippen molar-refractivity contribution in [2.45, 2.75) is 12.2 Å². The van der Waals surface area contributed by atoms with E-state index in [9.17, 15) is 9.59 Å². The molecule has 118 valence electrons. The van der Waals surface area contributed by atoms with Gasteiger partial charge in [0.15, 0.2) is 0 Å². The standard InChI is InChI=1S/C18H17NO3S/c1-12-16(18(21)22-2)17(20)15(11-14-9-6-10-23-14)19(12)13-7-4-3-5-8-13/h3-9,11,14H,10H2,1-2H3/b15-11+. The highest BCUT2D eigenvalue weighted by atomic mass is 32.2. The topological polar surface area (TPSA) is 46.6 Å². The van der Waals surface area contributed by atoms with Gasteiger partial charge in [-0.15, -0.1) is 11.8 Å². The number of Topliss-reactive ketones (excluding diaryl/α,β-unsaturated/α-hetero) is 1. The number of carbonyl (C=O) groups excluding carboxylic acids is 2. The average molecular weight is 327 g/mol. The maximum Gasteiger partial charge on any atom is 0.343 e. The summed E-state index contributed by atoms with van der Waals surface area (Å²) in [6, 6.07) is 9.57. The fourth-order valence-corrected chi connectivity index (χ4v) is 3.65. The largest absolute Gasteiger partial charge is 0.465 e. The molecule has 0 fully saturated rings. The van der Waals surface area contributed by atoms with Crippen LogP contribution in [0.2, 0.25) is 0 Å². The Balaban J connectivity index is 2.09. The summed E-state index contributed by atoms with van der Waals surface area (Å²) in [6.07, 6.45) is 6.07. The van der Waals surface area contributed by atoms with Crippen molar-refractivity contribution < 1.29 is 14.3 Å². The Bertz CT molecular complexity index is 734. The van der Waals surface area contributed by atoms with E-state index in [-0.39, 0.29) is 16.6 Å². The van der Waals surface area contributed by atoms with Crippen LogP contribution in [-0.4, -0.2) is 29.9 Å². The zero-order valence-electron chi connectivity index (χ0n) is 13.0. The monoisotopic (exact) mass is 327 g/mol. The molecule has 0 spiro atoms. The second kappa shape index (κ2) is 6.46. The van der Waals surface area contributed by atoms with Gasteiger partial charge in [-0.3, -0.25) is 4.79 Å². The molecule has 0 aliphatic carbocycles. The molecule has 1 aromatic carbocycles. The summed E-state index contributed by atoms with van der Waals surface area (Å²) in [7, 11) is 1.29. The van der Waals surface area contributed by atoms with Crippen molar-refractivity contribution >= 4 is 29.2 Å². The number of carbonyl (C=O) groups is 2. The summed E-state index contributed by atoms with van der Waals surface area (Å²) < 4.78 is 4.79. The van der Waals surface area contributed by atoms with E-state index in [4.69, 9.17) is 4.74 Å². The minimum atomic E-state index is -0.591. The number of esters is 1. The Hall–Kier alpha value is -2.27. The van der Waals surface area contributed by atoms with Crippen LogP contribution in [0.3, 0.4) is 0 Å². The van der Waals surface area contributed by atoms with E-state index in [0.717, 1.165) is 11.4 Å². The number of rotatable bonds is 3. The molecule has 2 aliphatic rings. The van der Waals surface area contributed by atoms with Gasteiger partial charge in [0.05, 0.1) is 12.8 Å². The molecule has 0 N–H and O–H groups in total. The highest BCUT2D eigenvalue weighted by Gasteiger charge is 2.38. The van der Waals surface area contributed by atoms with Crippen LogP contribution >= 0.6 is 11.8 Å². The first kappa shape index (κ1) is 15.6. The van der Waals surface area contributed by atoms with E-state index in [2.05, 4.69) is 12.2 Å². The quantitative estimate of drug-likeness (QED) is 0.369. The van der Waals surface area contributed by atoms with Gasteiger partial charge in [-0.2, -0.15) is 0 Å². The van der Waals surface area contributed by atoms with E-state index < -0.39 is 5.97 Å². The molecule has 0 bridgehead atoms. The maximum atomic E-state index is 12.8. The van der Waals surface area contributed by atoms with Crippen LogP contribution in [0.1, 0.15) is 6.92 Å². The molecule has 3 rings (SSSR count). The fourth-order valence-electron chi connectivity index (χ4n) is 2.76. The molecule has 2 aliphatic heterocycles. The molecule has 23 heavy (non-hydrogen) atoms. The fraction of sp³-hybridized carbons (Fsp3) is 0.222. The molecule has 1 aromatic rings. The number of thioether (sulfide) groups is 1. The lowest BCUT2D eigenvalue weighted by Gasteiger charge is -2.22. The molecule has 0 amide bonds. The van der Waals surface area contributed by atoms with Crippen LogP contribution < -0.4 is 4.90 Å². The summed E-state index contributed by atoms with van der Waals surface area (Å²) in [5.74, 6) is 0.0649. The first-order valence-electron chi connectivity index (χ1n) is 7.32. The van der Waals surface area contributed by atoms with Crippen molar-refractivity contribution in [1.82, 2.24) is 0 Å². The molecule has 0 saturated carbocycles. The number of ether oxygens (including phenoxy) is 1. The highest BCUT2D eigenvalue weighted by Crippen LogP contribution is 2.36. The van der Waals surface area contributed by atoms with Gasteiger partial charge in [-0.1, -0.05) is 30.4 Å². The van der Waals surface area contributed by atoms with Crippen molar-refractivity contribution in [3.8, 4) is 0 Å². The lowest BCUT2D eigenvalue weighted by molar-refractivity contribution is -0.137. The van der Waals surface area contributed by atoms with Gasteiger partial charge in [-0.25, -0.2) is 4.79 Å². The molecular weight excluding hydrogens is 310 g/mol. The smallest absolute Gasteiger partial charge is 0.343 e. The molecule has 0 radical (unpaired) electrons. The summed E-state index contributed by atoms with van der Waals surface area (Å²) in [6.45, 7) is 1.77. The van der Waals surface area contributed by atoms with Crippen molar-refractivity contribution in [1.29, 1.82) is 0 Å². The van der Waals surface area contributed by atoms with Gasteiger partial charge in [-0.05, 0) is 25.1 Å². The van der Waals surface area contributed by atoms with E-state index >= 15 is 0 Å².